The van der Waals surface area contributed by atoms with Crippen LogP contribution >= 0.6 is 0 Å². The van der Waals surface area contributed by atoms with Crippen molar-refractivity contribution in [2.24, 2.45) is 0 Å². The topological polar surface area (TPSA) is 67.9 Å². The molecule has 1 fully saturated rings. The average molecular weight is 418 g/mol. The van der Waals surface area contributed by atoms with Gasteiger partial charge in [-0.15, -0.1) is 0 Å². The fraction of sp³-hybridized carbons (Fsp3) is 0.364. The van der Waals surface area contributed by atoms with Crippen molar-refractivity contribution in [3.8, 4) is 5.75 Å². The number of halogens is 2. The number of ether oxygens (including phenoxy) is 2. The summed E-state index contributed by atoms with van der Waals surface area (Å²) in [5.74, 6) is -1.16. The maximum Gasteiger partial charge on any atom is 0.408 e. The van der Waals surface area contributed by atoms with E-state index in [-0.39, 0.29) is 18.1 Å². The van der Waals surface area contributed by atoms with E-state index in [1.54, 1.807) is 49.9 Å². The van der Waals surface area contributed by atoms with Gasteiger partial charge in [0, 0.05) is 12.2 Å². The first-order valence-electron chi connectivity index (χ1n) is 9.61. The zero-order valence-electron chi connectivity index (χ0n) is 17.1. The Bertz CT molecular complexity index is 905. The molecule has 1 heterocycles. The minimum absolute atomic E-state index is 0.146. The van der Waals surface area contributed by atoms with Crippen molar-refractivity contribution in [2.75, 3.05) is 11.4 Å². The van der Waals surface area contributed by atoms with Gasteiger partial charge in [0.15, 0.2) is 0 Å². The Labute approximate surface area is 173 Å². The van der Waals surface area contributed by atoms with Crippen LogP contribution in [0.1, 0.15) is 32.8 Å². The van der Waals surface area contributed by atoms with Crippen molar-refractivity contribution < 1.29 is 27.8 Å². The molecule has 160 valence electrons. The molecule has 0 aliphatic carbocycles. The summed E-state index contributed by atoms with van der Waals surface area (Å²) in [4.78, 5) is 26.1. The third-order valence-corrected chi connectivity index (χ3v) is 4.49. The maximum absolute atomic E-state index is 13.7. The van der Waals surface area contributed by atoms with Crippen LogP contribution in [-0.2, 0) is 16.1 Å². The van der Waals surface area contributed by atoms with E-state index in [0.29, 0.717) is 24.4 Å². The fourth-order valence-corrected chi connectivity index (χ4v) is 3.07. The van der Waals surface area contributed by atoms with E-state index in [9.17, 15) is 18.4 Å². The molecule has 1 aliphatic heterocycles. The van der Waals surface area contributed by atoms with Gasteiger partial charge in [-0.1, -0.05) is 6.07 Å². The van der Waals surface area contributed by atoms with Crippen LogP contribution in [0.2, 0.25) is 0 Å². The summed E-state index contributed by atoms with van der Waals surface area (Å²) in [7, 11) is 0. The molecule has 0 spiro atoms. The van der Waals surface area contributed by atoms with E-state index >= 15 is 0 Å². The largest absolute Gasteiger partial charge is 0.489 e. The zero-order chi connectivity index (χ0) is 21.9. The van der Waals surface area contributed by atoms with Crippen molar-refractivity contribution in [1.82, 2.24) is 5.32 Å². The third kappa shape index (κ3) is 5.25. The van der Waals surface area contributed by atoms with Crippen molar-refractivity contribution in [3.05, 3.63) is 59.7 Å². The Hall–Kier alpha value is -3.16. The SMILES string of the molecule is CC(C)(C)OC(=O)N[C@H]1CCN(c2ccc(OCc3c(F)cccc3F)cc2)C1=O. The van der Waals surface area contributed by atoms with Gasteiger partial charge in [0.2, 0.25) is 5.91 Å². The second kappa shape index (κ2) is 8.69. The highest BCUT2D eigenvalue weighted by molar-refractivity contribution is 6.00. The lowest BCUT2D eigenvalue weighted by Crippen LogP contribution is -2.43. The van der Waals surface area contributed by atoms with E-state index in [1.807, 2.05) is 0 Å². The number of hydrogen-bond acceptors (Lipinski definition) is 4. The Morgan fingerprint density at radius 1 is 1.13 bits per heavy atom. The number of anilines is 1. The molecule has 0 radical (unpaired) electrons. The molecular formula is C22H24F2N2O4. The minimum atomic E-state index is -0.669. The second-order valence-electron chi connectivity index (χ2n) is 7.96. The van der Waals surface area contributed by atoms with Gasteiger partial charge in [-0.05, 0) is 63.6 Å². The molecule has 0 saturated carbocycles. The van der Waals surface area contributed by atoms with Crippen LogP contribution in [0.5, 0.6) is 5.75 Å². The highest BCUT2D eigenvalue weighted by atomic mass is 19.1. The number of amides is 2. The van der Waals surface area contributed by atoms with Crippen LogP contribution in [-0.4, -0.2) is 30.2 Å². The lowest BCUT2D eigenvalue weighted by molar-refractivity contribution is -0.118. The van der Waals surface area contributed by atoms with Gasteiger partial charge in [0.25, 0.3) is 0 Å². The summed E-state index contributed by atoms with van der Waals surface area (Å²) in [5.41, 5.74) is -0.155. The molecule has 2 aromatic carbocycles. The number of rotatable bonds is 5. The monoisotopic (exact) mass is 418 g/mol. The van der Waals surface area contributed by atoms with E-state index < -0.39 is 29.4 Å². The predicted octanol–water partition coefficient (Wildman–Crippen LogP) is 4.17. The van der Waals surface area contributed by atoms with Gasteiger partial charge in [-0.25, -0.2) is 13.6 Å². The summed E-state index contributed by atoms with van der Waals surface area (Å²) in [5, 5.41) is 2.60. The third-order valence-electron chi connectivity index (χ3n) is 4.49. The van der Waals surface area contributed by atoms with E-state index in [1.165, 1.54) is 18.2 Å². The van der Waals surface area contributed by atoms with Crippen LogP contribution in [0.15, 0.2) is 42.5 Å². The van der Waals surface area contributed by atoms with Gasteiger partial charge in [0.05, 0.1) is 5.56 Å². The molecule has 8 heteroatoms. The maximum atomic E-state index is 13.7. The van der Waals surface area contributed by atoms with Gasteiger partial charge in [0.1, 0.15) is 35.6 Å². The zero-order valence-corrected chi connectivity index (χ0v) is 17.1. The van der Waals surface area contributed by atoms with Crippen LogP contribution in [0.3, 0.4) is 0 Å². The van der Waals surface area contributed by atoms with E-state index in [4.69, 9.17) is 9.47 Å². The van der Waals surface area contributed by atoms with Crippen molar-refractivity contribution in [2.45, 2.75) is 45.4 Å². The minimum Gasteiger partial charge on any atom is -0.489 e. The average Bonchev–Trinajstić information content (AvgIpc) is 3.01. The number of carbonyl (C=O) groups is 2. The van der Waals surface area contributed by atoms with Crippen molar-refractivity contribution in [1.29, 1.82) is 0 Å². The van der Waals surface area contributed by atoms with Crippen molar-refractivity contribution >= 4 is 17.7 Å². The molecule has 0 aromatic heterocycles. The molecule has 1 saturated heterocycles. The molecule has 30 heavy (non-hydrogen) atoms. The molecular weight excluding hydrogens is 394 g/mol. The Morgan fingerprint density at radius 2 is 1.77 bits per heavy atom. The van der Waals surface area contributed by atoms with Gasteiger partial charge >= 0.3 is 6.09 Å². The first kappa shape index (κ1) is 21.5. The highest BCUT2D eigenvalue weighted by Gasteiger charge is 2.34. The summed E-state index contributed by atoms with van der Waals surface area (Å²) >= 11 is 0. The van der Waals surface area contributed by atoms with E-state index in [2.05, 4.69) is 5.32 Å². The Balaban J connectivity index is 1.58. The normalized spacial score (nSPS) is 16.5. The smallest absolute Gasteiger partial charge is 0.408 e. The molecule has 2 aromatic rings. The van der Waals surface area contributed by atoms with Gasteiger partial charge in [-0.3, -0.25) is 4.79 Å². The Kier molecular flexibility index (Phi) is 6.24. The summed E-state index contributed by atoms with van der Waals surface area (Å²) in [6, 6.07) is 9.59. The van der Waals surface area contributed by atoms with Gasteiger partial charge in [-0.2, -0.15) is 0 Å². The molecule has 0 bridgehead atoms. The molecule has 1 atom stereocenters. The first-order chi connectivity index (χ1) is 14.1. The predicted molar refractivity (Wildman–Crippen MR) is 107 cm³/mol. The number of benzene rings is 2. The summed E-state index contributed by atoms with van der Waals surface area (Å²) in [6.07, 6.45) is -0.171. The lowest BCUT2D eigenvalue weighted by atomic mass is 10.2. The van der Waals surface area contributed by atoms with Crippen LogP contribution in [0, 0.1) is 11.6 Å². The number of nitrogens with zero attached hydrogens (tertiary/aromatic N) is 1. The summed E-state index contributed by atoms with van der Waals surface area (Å²) < 4.78 is 38.0. The molecule has 2 amide bonds. The second-order valence-corrected chi connectivity index (χ2v) is 7.96. The molecule has 6 nitrogen and oxygen atoms in total. The number of carbonyl (C=O) groups excluding carboxylic acids is 2. The first-order valence-corrected chi connectivity index (χ1v) is 9.61. The molecule has 1 N–H and O–H groups in total. The standard InChI is InChI=1S/C22H24F2N2O4/c1-22(2,3)30-21(28)25-19-11-12-26(20(19)27)14-7-9-15(10-8-14)29-13-16-17(23)5-4-6-18(16)24/h4-10,19H,11-13H2,1-3H3,(H,25,28)/t19-/m0/s1. The van der Waals surface area contributed by atoms with Crippen molar-refractivity contribution in [3.63, 3.8) is 0 Å². The lowest BCUT2D eigenvalue weighted by Gasteiger charge is -2.21. The van der Waals surface area contributed by atoms with Gasteiger partial charge < -0.3 is 19.7 Å². The Morgan fingerprint density at radius 3 is 2.37 bits per heavy atom. The number of alkyl carbamates (subject to hydrolysis) is 1. The summed E-state index contributed by atoms with van der Waals surface area (Å²) in [6.45, 7) is 5.45. The van der Waals surface area contributed by atoms with E-state index in [0.717, 1.165) is 0 Å². The quantitative estimate of drug-likeness (QED) is 0.791. The number of hydrogen-bond donors (Lipinski definition) is 1. The molecule has 0 unspecified atom stereocenters. The van der Waals surface area contributed by atoms with Crippen LogP contribution in [0.4, 0.5) is 19.3 Å². The fourth-order valence-electron chi connectivity index (χ4n) is 3.07. The molecule has 1 aliphatic rings. The van der Waals surface area contributed by atoms with Crippen LogP contribution in [0.25, 0.3) is 0 Å². The van der Waals surface area contributed by atoms with Crippen LogP contribution < -0.4 is 15.0 Å². The highest BCUT2D eigenvalue weighted by Crippen LogP contribution is 2.25. The molecule has 3 rings (SSSR count). The number of nitrogens with one attached hydrogen (secondary N) is 1.